The van der Waals surface area contributed by atoms with Crippen LogP contribution in [0.3, 0.4) is 0 Å². The summed E-state index contributed by atoms with van der Waals surface area (Å²) in [6.07, 6.45) is 0. The second-order valence-electron chi connectivity index (χ2n) is 8.93. The fourth-order valence-corrected chi connectivity index (χ4v) is 4.32. The van der Waals surface area contributed by atoms with Crippen molar-refractivity contribution >= 4 is 17.3 Å². The van der Waals surface area contributed by atoms with Gasteiger partial charge in [0.2, 0.25) is 5.82 Å². The molecule has 6 nitrogen and oxygen atoms in total. The van der Waals surface area contributed by atoms with Crippen molar-refractivity contribution < 1.29 is 18.1 Å². The van der Waals surface area contributed by atoms with E-state index in [2.05, 4.69) is 15.5 Å². The van der Waals surface area contributed by atoms with E-state index in [1.165, 1.54) is 23.1 Å². The Morgan fingerprint density at radius 2 is 1.69 bits per heavy atom. The van der Waals surface area contributed by atoms with Gasteiger partial charge in [0.15, 0.2) is 0 Å². The van der Waals surface area contributed by atoms with Crippen LogP contribution >= 0.6 is 0 Å². The Balaban J connectivity index is 1.68. The average Bonchev–Trinajstić information content (AvgIpc) is 3.32. The first-order chi connectivity index (χ1) is 17.2. The molecule has 36 heavy (non-hydrogen) atoms. The number of hydrogen-bond donors (Lipinski definition) is 1. The summed E-state index contributed by atoms with van der Waals surface area (Å²) < 4.78 is 33.8. The number of amides is 2. The number of allylic oxidation sites excluding steroid dienone is 1. The van der Waals surface area contributed by atoms with Crippen LogP contribution in [0.5, 0.6) is 0 Å². The van der Waals surface area contributed by atoms with Gasteiger partial charge in [-0.3, -0.25) is 4.90 Å². The van der Waals surface area contributed by atoms with Crippen LogP contribution in [-0.2, 0) is 0 Å². The molecular weight excluding hydrogens is 462 g/mol. The summed E-state index contributed by atoms with van der Waals surface area (Å²) in [6.45, 7) is 7.42. The van der Waals surface area contributed by atoms with E-state index in [1.54, 1.807) is 38.1 Å². The monoisotopic (exact) mass is 486 g/mol. The van der Waals surface area contributed by atoms with Crippen molar-refractivity contribution in [3.63, 3.8) is 0 Å². The Morgan fingerprint density at radius 1 is 0.917 bits per heavy atom. The van der Waals surface area contributed by atoms with Crippen molar-refractivity contribution in [3.05, 3.63) is 106 Å². The molecule has 1 aliphatic heterocycles. The molecule has 1 N–H and O–H groups in total. The maximum atomic E-state index is 14.4. The number of carbonyl (C=O) groups is 1. The van der Waals surface area contributed by atoms with Crippen molar-refractivity contribution in [3.8, 4) is 11.4 Å². The molecule has 0 aliphatic carbocycles. The fraction of sp³-hybridized carbons (Fsp3) is 0.179. The number of hydrogen-bond acceptors (Lipinski definition) is 4. The highest BCUT2D eigenvalue weighted by Gasteiger charge is 2.36. The van der Waals surface area contributed by atoms with E-state index in [-0.39, 0.29) is 11.7 Å². The molecule has 0 saturated heterocycles. The molecule has 182 valence electrons. The zero-order chi connectivity index (χ0) is 25.6. The van der Waals surface area contributed by atoms with Gasteiger partial charge in [0.1, 0.15) is 11.6 Å². The molecule has 1 aromatic heterocycles. The van der Waals surface area contributed by atoms with Crippen molar-refractivity contribution in [2.45, 2.75) is 33.7 Å². The maximum absolute atomic E-state index is 14.4. The largest absolute Gasteiger partial charge is 0.334 e. The Hall–Kier alpha value is -4.33. The molecule has 1 atom stereocenters. The number of nitrogens with one attached hydrogen (secondary N) is 1. The molecule has 0 fully saturated rings. The van der Waals surface area contributed by atoms with E-state index in [0.29, 0.717) is 28.1 Å². The van der Waals surface area contributed by atoms with Crippen LogP contribution in [0.4, 0.5) is 19.3 Å². The highest BCUT2D eigenvalue weighted by Crippen LogP contribution is 2.39. The molecule has 1 unspecified atom stereocenters. The van der Waals surface area contributed by atoms with Crippen LogP contribution in [0.2, 0.25) is 0 Å². The molecule has 8 heteroatoms. The number of rotatable bonds is 4. The van der Waals surface area contributed by atoms with Crippen LogP contribution in [0.1, 0.15) is 41.1 Å². The van der Waals surface area contributed by atoms with Crippen molar-refractivity contribution in [1.82, 2.24) is 15.5 Å². The topological polar surface area (TPSA) is 71.3 Å². The molecule has 3 aromatic carbocycles. The predicted octanol–water partition coefficient (Wildman–Crippen LogP) is 6.64. The van der Waals surface area contributed by atoms with Crippen LogP contribution < -0.4 is 10.2 Å². The quantitative estimate of drug-likeness (QED) is 0.351. The summed E-state index contributed by atoms with van der Waals surface area (Å²) in [5.74, 6) is -0.446. The molecule has 4 aromatic rings. The third-order valence-electron chi connectivity index (χ3n) is 6.50. The number of aryl methyl sites for hydroxylation is 3. The Kier molecular flexibility index (Phi) is 5.88. The van der Waals surface area contributed by atoms with E-state index in [1.807, 2.05) is 32.0 Å². The lowest BCUT2D eigenvalue weighted by Gasteiger charge is -2.35. The fourth-order valence-electron chi connectivity index (χ4n) is 4.32. The summed E-state index contributed by atoms with van der Waals surface area (Å²) in [4.78, 5) is 19.3. The van der Waals surface area contributed by atoms with E-state index in [4.69, 9.17) is 4.52 Å². The molecule has 2 amide bonds. The Morgan fingerprint density at radius 3 is 2.42 bits per heavy atom. The van der Waals surface area contributed by atoms with Gasteiger partial charge in [-0.15, -0.1) is 0 Å². The van der Waals surface area contributed by atoms with Gasteiger partial charge in [-0.1, -0.05) is 41.6 Å². The first kappa shape index (κ1) is 23.4. The lowest BCUT2D eigenvalue weighted by Crippen LogP contribution is -2.46. The molecule has 0 saturated carbocycles. The molecule has 1 aliphatic rings. The Labute approximate surface area is 207 Å². The maximum Gasteiger partial charge on any atom is 0.327 e. The standard InChI is InChI=1S/C28H24F2N4O2/c1-15-8-10-19(12-17(15)3)25-24(27-32-26(33-36-27)20-6-5-7-21(29)13-20)18(4)34(28(35)31-25)22-11-9-16(2)23(30)14-22/h5-14,25H,1-4H3,(H,31,35). The summed E-state index contributed by atoms with van der Waals surface area (Å²) in [6, 6.07) is 15.4. The number of carbonyl (C=O) groups excluding carboxylic acids is 1. The number of nitrogens with zero attached hydrogens (tertiary/aromatic N) is 3. The second kappa shape index (κ2) is 9.03. The SMILES string of the molecule is CC1=C(c2nc(-c3cccc(F)c3)no2)C(c2ccc(C)c(C)c2)NC(=O)N1c1ccc(C)c(F)c1. The summed E-state index contributed by atoms with van der Waals surface area (Å²) in [5, 5.41) is 7.08. The molecule has 0 bridgehead atoms. The van der Waals surface area contributed by atoms with Gasteiger partial charge in [0.25, 0.3) is 5.89 Å². The first-order valence-electron chi connectivity index (χ1n) is 11.5. The number of benzene rings is 3. The lowest BCUT2D eigenvalue weighted by atomic mass is 9.92. The van der Waals surface area contributed by atoms with Gasteiger partial charge in [0, 0.05) is 11.3 Å². The van der Waals surface area contributed by atoms with Crippen LogP contribution in [0.25, 0.3) is 17.0 Å². The van der Waals surface area contributed by atoms with E-state index in [9.17, 15) is 13.6 Å². The smallest absolute Gasteiger partial charge is 0.327 e. The molecular formula is C28H24F2N4O2. The van der Waals surface area contributed by atoms with Gasteiger partial charge in [0.05, 0.1) is 17.3 Å². The summed E-state index contributed by atoms with van der Waals surface area (Å²) >= 11 is 0. The lowest BCUT2D eigenvalue weighted by molar-refractivity contribution is 0.244. The highest BCUT2D eigenvalue weighted by molar-refractivity contribution is 6.01. The third kappa shape index (κ3) is 4.15. The molecule has 5 rings (SSSR count). The van der Waals surface area contributed by atoms with E-state index >= 15 is 0 Å². The minimum absolute atomic E-state index is 0.174. The van der Waals surface area contributed by atoms with E-state index in [0.717, 1.165) is 16.7 Å². The minimum Gasteiger partial charge on any atom is -0.334 e. The zero-order valence-corrected chi connectivity index (χ0v) is 20.3. The summed E-state index contributed by atoms with van der Waals surface area (Å²) in [7, 11) is 0. The number of aromatic nitrogens is 2. The van der Waals surface area contributed by atoms with Crippen molar-refractivity contribution in [2.75, 3.05) is 4.90 Å². The minimum atomic E-state index is -0.593. The third-order valence-corrected chi connectivity index (χ3v) is 6.50. The van der Waals surface area contributed by atoms with Gasteiger partial charge in [-0.05, 0) is 74.2 Å². The van der Waals surface area contributed by atoms with Crippen LogP contribution in [-0.4, -0.2) is 16.2 Å². The van der Waals surface area contributed by atoms with Crippen LogP contribution in [0, 0.1) is 32.4 Å². The molecule has 0 spiro atoms. The predicted molar refractivity (Wildman–Crippen MR) is 133 cm³/mol. The van der Waals surface area contributed by atoms with Crippen LogP contribution in [0.15, 0.2) is 70.9 Å². The zero-order valence-electron chi connectivity index (χ0n) is 20.3. The summed E-state index contributed by atoms with van der Waals surface area (Å²) in [5.41, 5.74) is 5.40. The normalized spacial score (nSPS) is 15.9. The highest BCUT2D eigenvalue weighted by atomic mass is 19.1. The van der Waals surface area contributed by atoms with Crippen molar-refractivity contribution in [2.24, 2.45) is 0 Å². The number of urea groups is 1. The van der Waals surface area contributed by atoms with E-state index < -0.39 is 23.7 Å². The van der Waals surface area contributed by atoms with Gasteiger partial charge in [-0.25, -0.2) is 13.6 Å². The molecule has 0 radical (unpaired) electrons. The van der Waals surface area contributed by atoms with Crippen molar-refractivity contribution in [1.29, 1.82) is 0 Å². The first-order valence-corrected chi connectivity index (χ1v) is 11.5. The van der Waals surface area contributed by atoms with Gasteiger partial charge >= 0.3 is 6.03 Å². The molecule has 2 heterocycles. The second-order valence-corrected chi connectivity index (χ2v) is 8.93. The number of anilines is 1. The average molecular weight is 487 g/mol. The Bertz CT molecular complexity index is 1530. The van der Waals surface area contributed by atoms with Gasteiger partial charge in [-0.2, -0.15) is 4.98 Å². The number of halogens is 2. The van der Waals surface area contributed by atoms with Gasteiger partial charge < -0.3 is 9.84 Å².